The van der Waals surface area contributed by atoms with Gasteiger partial charge in [-0.15, -0.1) is 0 Å². The third kappa shape index (κ3) is 3.36. The molecule has 1 saturated heterocycles. The number of hydrogen-bond donors (Lipinski definition) is 0. The smallest absolute Gasteiger partial charge is 0.243 e. The van der Waals surface area contributed by atoms with Crippen molar-refractivity contribution >= 4 is 15.8 Å². The summed E-state index contributed by atoms with van der Waals surface area (Å²) in [6, 6.07) is 9.10. The predicted molar refractivity (Wildman–Crippen MR) is 105 cm³/mol. The van der Waals surface area contributed by atoms with Gasteiger partial charge in [0.05, 0.1) is 4.90 Å². The number of hydrogen-bond acceptors (Lipinski definition) is 3. The summed E-state index contributed by atoms with van der Waals surface area (Å²) in [5.74, 6) is 0.187. The van der Waals surface area contributed by atoms with E-state index in [9.17, 15) is 13.2 Å². The monoisotopic (exact) mass is 386 g/mol. The molecule has 1 aliphatic carbocycles. The number of carbonyl (C=O) groups is 1. The standard InChI is InChI=1S/C21H26N2O3S/c1-16-14-19-20(10-7-11-21(19)24)23(16)17-8-6-9-18(15-17)27(25,26)22-12-4-2-3-5-13-22/h6,8-9,14-15H,2-5,7,10-13H2,1H3. The SMILES string of the molecule is Cc1cc2c(n1-c1cccc(S(=O)(=O)N3CCCCCC3)c1)CCCC2=O. The molecule has 0 amide bonds. The zero-order valence-corrected chi connectivity index (χ0v) is 16.6. The van der Waals surface area contributed by atoms with Crippen molar-refractivity contribution in [1.29, 1.82) is 0 Å². The minimum absolute atomic E-state index is 0.187. The molecule has 1 fully saturated rings. The van der Waals surface area contributed by atoms with Crippen LogP contribution in [0.2, 0.25) is 0 Å². The molecule has 0 bridgehead atoms. The molecule has 144 valence electrons. The van der Waals surface area contributed by atoms with Crippen LogP contribution in [0.3, 0.4) is 0 Å². The second-order valence-corrected chi connectivity index (χ2v) is 9.51. The van der Waals surface area contributed by atoms with Crippen LogP contribution in [-0.2, 0) is 16.4 Å². The van der Waals surface area contributed by atoms with E-state index in [1.807, 2.05) is 23.6 Å². The third-order valence-corrected chi connectivity index (χ3v) is 7.58. The van der Waals surface area contributed by atoms with Crippen LogP contribution in [0.4, 0.5) is 0 Å². The molecule has 2 heterocycles. The van der Waals surface area contributed by atoms with E-state index in [1.165, 1.54) is 0 Å². The molecule has 0 spiro atoms. The summed E-state index contributed by atoms with van der Waals surface area (Å²) < 4.78 is 30.0. The molecule has 4 rings (SSSR count). The third-order valence-electron chi connectivity index (χ3n) is 5.68. The Labute approximate surface area is 161 Å². The Morgan fingerprint density at radius 2 is 1.67 bits per heavy atom. The molecule has 1 aliphatic heterocycles. The molecule has 27 heavy (non-hydrogen) atoms. The van der Waals surface area contributed by atoms with Crippen LogP contribution in [0.15, 0.2) is 35.2 Å². The van der Waals surface area contributed by atoms with Gasteiger partial charge in [-0.25, -0.2) is 8.42 Å². The van der Waals surface area contributed by atoms with E-state index in [2.05, 4.69) is 0 Å². The number of ketones is 1. The Morgan fingerprint density at radius 1 is 0.926 bits per heavy atom. The maximum atomic E-state index is 13.2. The summed E-state index contributed by atoms with van der Waals surface area (Å²) >= 11 is 0. The quantitative estimate of drug-likeness (QED) is 0.805. The van der Waals surface area contributed by atoms with E-state index in [-0.39, 0.29) is 5.78 Å². The van der Waals surface area contributed by atoms with Crippen LogP contribution in [0.1, 0.15) is 60.3 Å². The first-order valence-corrected chi connectivity index (χ1v) is 11.3. The summed E-state index contributed by atoms with van der Waals surface area (Å²) in [4.78, 5) is 12.6. The molecule has 2 aromatic rings. The molecule has 0 radical (unpaired) electrons. The second kappa shape index (κ2) is 7.24. The maximum absolute atomic E-state index is 13.2. The van der Waals surface area contributed by atoms with Crippen LogP contribution < -0.4 is 0 Å². The maximum Gasteiger partial charge on any atom is 0.243 e. The van der Waals surface area contributed by atoms with Crippen molar-refractivity contribution in [2.75, 3.05) is 13.1 Å². The van der Waals surface area contributed by atoms with Crippen LogP contribution in [0.5, 0.6) is 0 Å². The van der Waals surface area contributed by atoms with Gasteiger partial charge in [-0.1, -0.05) is 18.9 Å². The summed E-state index contributed by atoms with van der Waals surface area (Å²) in [5, 5.41) is 0. The van der Waals surface area contributed by atoms with Crippen molar-refractivity contribution in [3.63, 3.8) is 0 Å². The number of aromatic nitrogens is 1. The van der Waals surface area contributed by atoms with Gasteiger partial charge < -0.3 is 4.57 Å². The van der Waals surface area contributed by atoms with Crippen molar-refractivity contribution < 1.29 is 13.2 Å². The molecule has 0 saturated carbocycles. The fourth-order valence-electron chi connectivity index (χ4n) is 4.30. The van der Waals surface area contributed by atoms with E-state index < -0.39 is 10.0 Å². The molecular weight excluding hydrogens is 360 g/mol. The summed E-state index contributed by atoms with van der Waals surface area (Å²) in [7, 11) is -3.49. The number of Topliss-reactive ketones (excluding diaryl/α,β-unsaturated/α-hetero) is 1. The number of nitrogens with zero attached hydrogens (tertiary/aromatic N) is 2. The van der Waals surface area contributed by atoms with Crippen LogP contribution in [0.25, 0.3) is 5.69 Å². The van der Waals surface area contributed by atoms with E-state index >= 15 is 0 Å². The largest absolute Gasteiger partial charge is 0.317 e. The van der Waals surface area contributed by atoms with E-state index in [0.29, 0.717) is 24.4 Å². The van der Waals surface area contributed by atoms with E-state index in [0.717, 1.165) is 61.2 Å². The van der Waals surface area contributed by atoms with Crippen molar-refractivity contribution in [2.24, 2.45) is 0 Å². The molecule has 1 aromatic heterocycles. The first kappa shape index (κ1) is 18.4. The fourth-order valence-corrected chi connectivity index (χ4v) is 5.86. The molecule has 0 N–H and O–H groups in total. The van der Waals surface area contributed by atoms with Gasteiger partial charge in [0.2, 0.25) is 10.0 Å². The highest BCUT2D eigenvalue weighted by molar-refractivity contribution is 7.89. The van der Waals surface area contributed by atoms with Gasteiger partial charge in [-0.2, -0.15) is 4.31 Å². The van der Waals surface area contributed by atoms with Crippen LogP contribution in [-0.4, -0.2) is 36.2 Å². The number of aryl methyl sites for hydroxylation is 1. The number of benzene rings is 1. The lowest BCUT2D eigenvalue weighted by Gasteiger charge is -2.21. The second-order valence-electron chi connectivity index (χ2n) is 7.57. The highest BCUT2D eigenvalue weighted by atomic mass is 32.2. The normalized spacial score (nSPS) is 18.9. The summed E-state index contributed by atoms with van der Waals surface area (Å²) in [6.07, 6.45) is 6.32. The lowest BCUT2D eigenvalue weighted by atomic mass is 9.96. The Hall–Kier alpha value is -1.92. The van der Waals surface area contributed by atoms with Crippen molar-refractivity contribution in [2.45, 2.75) is 56.8 Å². The minimum Gasteiger partial charge on any atom is -0.317 e. The van der Waals surface area contributed by atoms with Crippen molar-refractivity contribution in [3.8, 4) is 5.69 Å². The molecule has 5 nitrogen and oxygen atoms in total. The van der Waals surface area contributed by atoms with E-state index in [4.69, 9.17) is 0 Å². The van der Waals surface area contributed by atoms with E-state index in [1.54, 1.807) is 22.5 Å². The van der Waals surface area contributed by atoms with Gasteiger partial charge >= 0.3 is 0 Å². The topological polar surface area (TPSA) is 59.4 Å². The van der Waals surface area contributed by atoms with Gasteiger partial charge in [0.25, 0.3) is 0 Å². The molecule has 1 aromatic carbocycles. The average molecular weight is 387 g/mol. The number of carbonyl (C=O) groups excluding carboxylic acids is 1. The minimum atomic E-state index is -3.49. The fraction of sp³-hybridized carbons (Fsp3) is 0.476. The first-order valence-electron chi connectivity index (χ1n) is 9.83. The lowest BCUT2D eigenvalue weighted by molar-refractivity contribution is 0.0972. The number of rotatable bonds is 3. The lowest BCUT2D eigenvalue weighted by Crippen LogP contribution is -2.32. The van der Waals surface area contributed by atoms with Gasteiger partial charge in [-0.3, -0.25) is 4.79 Å². The molecule has 0 unspecified atom stereocenters. The van der Waals surface area contributed by atoms with Crippen LogP contribution >= 0.6 is 0 Å². The van der Waals surface area contributed by atoms with Gasteiger partial charge in [0.15, 0.2) is 5.78 Å². The highest BCUT2D eigenvalue weighted by Gasteiger charge is 2.27. The van der Waals surface area contributed by atoms with Crippen LogP contribution in [0, 0.1) is 6.92 Å². The zero-order chi connectivity index (χ0) is 19.0. The van der Waals surface area contributed by atoms with Gasteiger partial charge in [0.1, 0.15) is 0 Å². The molecular formula is C21H26N2O3S. The summed E-state index contributed by atoms with van der Waals surface area (Å²) in [5.41, 5.74) is 3.59. The van der Waals surface area contributed by atoms with Crippen molar-refractivity contribution in [3.05, 3.63) is 47.3 Å². The molecule has 2 aliphatic rings. The Morgan fingerprint density at radius 3 is 2.41 bits per heavy atom. The predicted octanol–water partition coefficient (Wildman–Crippen LogP) is 3.87. The molecule has 6 heteroatoms. The Kier molecular flexibility index (Phi) is 4.95. The Bertz CT molecular complexity index is 967. The average Bonchev–Trinajstić information content (AvgIpc) is 2.83. The number of sulfonamides is 1. The number of fused-ring (bicyclic) bond motifs is 1. The Balaban J connectivity index is 1.75. The zero-order valence-electron chi connectivity index (χ0n) is 15.8. The highest BCUT2D eigenvalue weighted by Crippen LogP contribution is 2.29. The summed E-state index contributed by atoms with van der Waals surface area (Å²) in [6.45, 7) is 3.17. The van der Waals surface area contributed by atoms with Gasteiger partial charge in [0, 0.05) is 42.1 Å². The molecule has 0 atom stereocenters. The first-order chi connectivity index (χ1) is 13.0. The van der Waals surface area contributed by atoms with Crippen molar-refractivity contribution in [1.82, 2.24) is 8.87 Å². The van der Waals surface area contributed by atoms with Gasteiger partial charge in [-0.05, 0) is 56.9 Å².